The molecule has 1 aliphatic carbocycles. The Hall–Kier alpha value is -3.18. The third-order valence-corrected chi connectivity index (χ3v) is 7.04. The van der Waals surface area contributed by atoms with Crippen LogP contribution in [0.25, 0.3) is 0 Å². The number of carbonyl (C=O) groups is 3. The summed E-state index contributed by atoms with van der Waals surface area (Å²) in [4.78, 5) is 42.5. The predicted octanol–water partition coefficient (Wildman–Crippen LogP) is 2.17. The number of nitrogens with zero attached hydrogens (tertiary/aromatic N) is 3. The van der Waals surface area contributed by atoms with Gasteiger partial charge in [-0.05, 0) is 42.1 Å². The molecule has 5 N–H and O–H groups in total. The lowest BCUT2D eigenvalue weighted by Crippen LogP contribution is -2.48. The molecule has 2 aromatic rings. The lowest BCUT2D eigenvalue weighted by Gasteiger charge is -2.33. The summed E-state index contributed by atoms with van der Waals surface area (Å²) in [7, 11) is 5.39. The first-order valence-corrected chi connectivity index (χ1v) is 12.4. The summed E-state index contributed by atoms with van der Waals surface area (Å²) in [5.74, 6) is -1.59. The molecular formula is C24H34N6O4S. The van der Waals surface area contributed by atoms with Crippen LogP contribution in [0.4, 0.5) is 11.4 Å². The molecule has 0 bridgehead atoms. The minimum absolute atomic E-state index is 0.0640. The Balaban J connectivity index is 2.01. The van der Waals surface area contributed by atoms with E-state index in [2.05, 4.69) is 9.69 Å². The van der Waals surface area contributed by atoms with Crippen molar-refractivity contribution in [3.63, 3.8) is 0 Å². The van der Waals surface area contributed by atoms with Gasteiger partial charge in [-0.3, -0.25) is 14.4 Å². The van der Waals surface area contributed by atoms with Gasteiger partial charge in [-0.2, -0.15) is 4.37 Å². The molecule has 0 radical (unpaired) electrons. The van der Waals surface area contributed by atoms with Crippen LogP contribution < -0.4 is 21.7 Å². The van der Waals surface area contributed by atoms with Crippen LogP contribution in [0, 0.1) is 0 Å². The van der Waals surface area contributed by atoms with E-state index in [1.807, 2.05) is 43.3 Å². The maximum absolute atomic E-state index is 13.7. The van der Waals surface area contributed by atoms with E-state index in [9.17, 15) is 14.4 Å². The molecule has 1 aliphatic rings. The zero-order valence-electron chi connectivity index (χ0n) is 20.5. The number of carbonyl (C=O) groups excluding carboxylic acids is 3. The molecule has 10 nitrogen and oxygen atoms in total. The molecule has 11 heteroatoms. The van der Waals surface area contributed by atoms with Crippen LogP contribution in [0.5, 0.6) is 0 Å². The summed E-state index contributed by atoms with van der Waals surface area (Å²) in [5.41, 5.74) is 12.8. The number of amides is 3. The van der Waals surface area contributed by atoms with Gasteiger partial charge in [0.25, 0.3) is 11.8 Å². The fourth-order valence-corrected chi connectivity index (χ4v) is 5.01. The number of rotatable bonds is 10. The number of hydrogen-bond donors (Lipinski definition) is 3. The Morgan fingerprint density at radius 2 is 1.83 bits per heavy atom. The highest BCUT2D eigenvalue weighted by Crippen LogP contribution is 2.30. The number of primary amides is 1. The smallest absolute Gasteiger partial charge is 0.270 e. The molecule has 1 aromatic heterocycles. The zero-order chi connectivity index (χ0) is 25.5. The van der Waals surface area contributed by atoms with Crippen molar-refractivity contribution in [2.75, 3.05) is 45.0 Å². The standard InChI is InChI=1S/C24H34N6O4S/c1-29(2)17-11-9-15(10-12-17)20(23(32)27-16-7-5-4-6-8-16)30(13-14-34-3)24(33)21-18(25)19(22(26)31)28-35-21/h9-12,16,20H,4-8,13-14,25H2,1-3H3,(H2,26,31)(H,27,32). The summed E-state index contributed by atoms with van der Waals surface area (Å²) < 4.78 is 9.21. The average molecular weight is 503 g/mol. The highest BCUT2D eigenvalue weighted by molar-refractivity contribution is 7.09. The first kappa shape index (κ1) is 26.4. The molecule has 1 aromatic carbocycles. The van der Waals surface area contributed by atoms with Crippen molar-refractivity contribution < 1.29 is 19.1 Å². The lowest BCUT2D eigenvalue weighted by atomic mass is 9.94. The van der Waals surface area contributed by atoms with Crippen LogP contribution >= 0.6 is 11.5 Å². The third kappa shape index (κ3) is 6.29. The minimum atomic E-state index is -0.922. The summed E-state index contributed by atoms with van der Waals surface area (Å²) >= 11 is 0.794. The molecule has 1 heterocycles. The van der Waals surface area contributed by atoms with Gasteiger partial charge in [-0.15, -0.1) is 0 Å². The van der Waals surface area contributed by atoms with Crippen molar-refractivity contribution in [1.29, 1.82) is 0 Å². The summed E-state index contributed by atoms with van der Waals surface area (Å²) in [5, 5.41) is 3.15. The van der Waals surface area contributed by atoms with Crippen molar-refractivity contribution in [3.05, 3.63) is 40.4 Å². The number of methoxy groups -OCH3 is 1. The van der Waals surface area contributed by atoms with E-state index in [4.69, 9.17) is 16.2 Å². The van der Waals surface area contributed by atoms with Crippen LogP contribution in [0.1, 0.15) is 63.9 Å². The van der Waals surface area contributed by atoms with Crippen LogP contribution in [0.15, 0.2) is 24.3 Å². The zero-order valence-corrected chi connectivity index (χ0v) is 21.3. The molecule has 35 heavy (non-hydrogen) atoms. The highest BCUT2D eigenvalue weighted by Gasteiger charge is 2.35. The van der Waals surface area contributed by atoms with Gasteiger partial charge < -0.3 is 31.3 Å². The van der Waals surface area contributed by atoms with Gasteiger partial charge >= 0.3 is 0 Å². The van der Waals surface area contributed by atoms with Gasteiger partial charge in [-0.1, -0.05) is 31.4 Å². The van der Waals surface area contributed by atoms with Gasteiger partial charge in [0.1, 0.15) is 10.9 Å². The van der Waals surface area contributed by atoms with Crippen molar-refractivity contribution in [1.82, 2.24) is 14.6 Å². The largest absolute Gasteiger partial charge is 0.395 e. The number of aromatic nitrogens is 1. The van der Waals surface area contributed by atoms with Crippen molar-refractivity contribution in [2.24, 2.45) is 5.73 Å². The monoisotopic (exact) mass is 502 g/mol. The quantitative estimate of drug-likeness (QED) is 0.452. The molecule has 3 amide bonds. The summed E-state index contributed by atoms with van der Waals surface area (Å²) in [6.07, 6.45) is 5.11. The number of nitrogens with two attached hydrogens (primary N) is 2. The second-order valence-corrected chi connectivity index (χ2v) is 9.63. The van der Waals surface area contributed by atoms with E-state index >= 15 is 0 Å². The van der Waals surface area contributed by atoms with E-state index in [1.54, 1.807) is 0 Å². The van der Waals surface area contributed by atoms with Gasteiger partial charge in [0.2, 0.25) is 5.91 Å². The molecular weight excluding hydrogens is 468 g/mol. The Kier molecular flexibility index (Phi) is 9.05. The molecule has 0 aliphatic heterocycles. The van der Waals surface area contributed by atoms with E-state index < -0.39 is 17.9 Å². The number of anilines is 2. The lowest BCUT2D eigenvalue weighted by molar-refractivity contribution is -0.127. The SMILES string of the molecule is COCCN(C(=O)c1snc(C(N)=O)c1N)C(C(=O)NC1CCCCC1)c1ccc(N(C)C)cc1. The fraction of sp³-hybridized carbons (Fsp3) is 0.500. The van der Waals surface area contributed by atoms with Crippen molar-refractivity contribution >= 4 is 40.6 Å². The van der Waals surface area contributed by atoms with Gasteiger partial charge in [0.05, 0.1) is 12.3 Å². The first-order valence-electron chi connectivity index (χ1n) is 11.7. The van der Waals surface area contributed by atoms with Crippen LogP contribution in [0.3, 0.4) is 0 Å². The van der Waals surface area contributed by atoms with Gasteiger partial charge in [0.15, 0.2) is 5.69 Å². The fourth-order valence-electron chi connectivity index (χ4n) is 4.25. The second kappa shape index (κ2) is 12.0. The Labute approximate surface area is 209 Å². The van der Waals surface area contributed by atoms with E-state index in [-0.39, 0.29) is 41.4 Å². The number of ether oxygens (including phenoxy) is 1. The molecule has 0 saturated heterocycles. The molecule has 190 valence electrons. The summed E-state index contributed by atoms with van der Waals surface area (Å²) in [6.45, 7) is 0.340. The molecule has 1 fully saturated rings. The highest BCUT2D eigenvalue weighted by atomic mass is 32.1. The number of nitrogens with one attached hydrogen (secondary N) is 1. The van der Waals surface area contributed by atoms with Crippen molar-refractivity contribution in [3.8, 4) is 0 Å². The molecule has 1 atom stereocenters. The molecule has 1 saturated carbocycles. The van der Waals surface area contributed by atoms with Crippen LogP contribution in [0.2, 0.25) is 0 Å². The average Bonchev–Trinajstić information content (AvgIpc) is 3.23. The normalized spacial score (nSPS) is 14.8. The van der Waals surface area contributed by atoms with E-state index in [1.165, 1.54) is 12.0 Å². The number of hydrogen-bond acceptors (Lipinski definition) is 8. The molecule has 1 unspecified atom stereocenters. The van der Waals surface area contributed by atoms with Crippen molar-refractivity contribution in [2.45, 2.75) is 44.2 Å². The first-order chi connectivity index (χ1) is 16.7. The molecule has 0 spiro atoms. The predicted molar refractivity (Wildman–Crippen MR) is 136 cm³/mol. The number of benzene rings is 1. The second-order valence-electron chi connectivity index (χ2n) is 8.86. The summed E-state index contributed by atoms with van der Waals surface area (Å²) in [6, 6.07) is 6.64. The third-order valence-electron chi connectivity index (χ3n) is 6.19. The van der Waals surface area contributed by atoms with E-state index in [0.29, 0.717) is 5.56 Å². The van der Waals surface area contributed by atoms with Crippen LogP contribution in [-0.4, -0.2) is 67.4 Å². The Morgan fingerprint density at radius 3 is 2.37 bits per heavy atom. The molecule has 3 rings (SSSR count). The minimum Gasteiger partial charge on any atom is -0.395 e. The van der Waals surface area contributed by atoms with Gasteiger partial charge in [-0.25, -0.2) is 0 Å². The number of nitrogen functional groups attached to an aromatic ring is 1. The topological polar surface area (TPSA) is 144 Å². The maximum Gasteiger partial charge on any atom is 0.270 e. The van der Waals surface area contributed by atoms with E-state index in [0.717, 1.165) is 49.3 Å². The Morgan fingerprint density at radius 1 is 1.17 bits per heavy atom. The van der Waals surface area contributed by atoms with Gasteiger partial charge in [0, 0.05) is 39.5 Å². The van der Waals surface area contributed by atoms with Crippen LogP contribution in [-0.2, 0) is 9.53 Å². The Bertz CT molecular complexity index is 1030. The maximum atomic E-state index is 13.7.